The molecule has 0 amide bonds. The number of esters is 1. The molecule has 4 rings (SSSR count). The van der Waals surface area contributed by atoms with Crippen LogP contribution in [-0.4, -0.2) is 36.3 Å². The van der Waals surface area contributed by atoms with Gasteiger partial charge in [-0.25, -0.2) is 9.79 Å². The number of thiazole rings is 1. The summed E-state index contributed by atoms with van der Waals surface area (Å²) in [6.45, 7) is 3.57. The van der Waals surface area contributed by atoms with Crippen molar-refractivity contribution in [3.05, 3.63) is 94.7 Å². The smallest absolute Gasteiger partial charge is 0.338 e. The van der Waals surface area contributed by atoms with E-state index in [-0.39, 0.29) is 23.4 Å². The Hall–Kier alpha value is -4.25. The summed E-state index contributed by atoms with van der Waals surface area (Å²) in [5.74, 6) is 0.384. The van der Waals surface area contributed by atoms with Crippen molar-refractivity contribution < 1.29 is 23.9 Å². The number of carbonyl (C=O) groups excluding carboxylic acids is 1. The first-order valence-corrected chi connectivity index (χ1v) is 11.8. The molecule has 11 heteroatoms. The van der Waals surface area contributed by atoms with Crippen LogP contribution in [-0.2, 0) is 9.53 Å². The van der Waals surface area contributed by atoms with Crippen LogP contribution in [0.2, 0.25) is 0 Å². The lowest BCUT2D eigenvalue weighted by Gasteiger charge is -2.25. The van der Waals surface area contributed by atoms with E-state index < -0.39 is 16.9 Å². The molecule has 36 heavy (non-hydrogen) atoms. The molecule has 0 aliphatic carbocycles. The van der Waals surface area contributed by atoms with E-state index in [9.17, 15) is 19.7 Å². The minimum atomic E-state index is -0.806. The Balaban J connectivity index is 1.93. The molecule has 1 atom stereocenters. The van der Waals surface area contributed by atoms with Crippen LogP contribution in [0, 0.1) is 10.1 Å². The summed E-state index contributed by atoms with van der Waals surface area (Å²) in [4.78, 5) is 42.1. The predicted molar refractivity (Wildman–Crippen MR) is 133 cm³/mol. The number of carbonyl (C=O) groups is 1. The highest BCUT2D eigenvalue weighted by Crippen LogP contribution is 2.36. The number of hydrogen-bond acceptors (Lipinski definition) is 9. The molecule has 1 aliphatic heterocycles. The molecule has 3 aromatic rings. The van der Waals surface area contributed by atoms with Crippen LogP contribution in [0.5, 0.6) is 11.5 Å². The fraction of sp³-hybridized carbons (Fsp3) is 0.240. The molecule has 1 aromatic heterocycles. The summed E-state index contributed by atoms with van der Waals surface area (Å²) in [5.41, 5.74) is 1.53. The van der Waals surface area contributed by atoms with E-state index in [0.717, 1.165) is 0 Å². The second-order valence-electron chi connectivity index (χ2n) is 7.77. The van der Waals surface area contributed by atoms with Gasteiger partial charge in [-0.05, 0) is 55.3 Å². The van der Waals surface area contributed by atoms with E-state index in [0.29, 0.717) is 37.7 Å². The van der Waals surface area contributed by atoms with Crippen molar-refractivity contribution >= 4 is 29.1 Å². The third-order valence-electron chi connectivity index (χ3n) is 5.64. The van der Waals surface area contributed by atoms with E-state index in [1.165, 1.54) is 42.3 Å². The third-order valence-corrected chi connectivity index (χ3v) is 6.62. The average molecular weight is 510 g/mol. The number of aromatic nitrogens is 1. The molecule has 0 saturated carbocycles. The van der Waals surface area contributed by atoms with Crippen molar-refractivity contribution in [2.45, 2.75) is 19.9 Å². The maximum Gasteiger partial charge on any atom is 0.338 e. The molecule has 0 saturated heterocycles. The molecule has 10 nitrogen and oxygen atoms in total. The quantitative estimate of drug-likeness (QED) is 0.273. The van der Waals surface area contributed by atoms with Gasteiger partial charge in [-0.2, -0.15) is 0 Å². The van der Waals surface area contributed by atoms with Crippen LogP contribution >= 0.6 is 11.3 Å². The molecule has 186 valence electrons. The molecule has 0 N–H and O–H groups in total. The molecule has 0 radical (unpaired) electrons. The Labute approximate surface area is 209 Å². The number of hydrogen-bond donors (Lipinski definition) is 0. The molecule has 0 fully saturated rings. The van der Waals surface area contributed by atoms with Crippen LogP contribution in [0.1, 0.15) is 31.0 Å². The van der Waals surface area contributed by atoms with Gasteiger partial charge in [0.2, 0.25) is 0 Å². The topological polar surface area (TPSA) is 122 Å². The van der Waals surface area contributed by atoms with Gasteiger partial charge in [-0.15, -0.1) is 0 Å². The lowest BCUT2D eigenvalue weighted by atomic mass is 9.95. The lowest BCUT2D eigenvalue weighted by Crippen LogP contribution is -2.39. The van der Waals surface area contributed by atoms with Crippen LogP contribution in [0.25, 0.3) is 6.08 Å². The number of allylic oxidation sites excluding steroid dienone is 1. The maximum absolute atomic E-state index is 13.6. The van der Waals surface area contributed by atoms with E-state index in [1.54, 1.807) is 50.3 Å². The molecule has 0 spiro atoms. The summed E-state index contributed by atoms with van der Waals surface area (Å²) < 4.78 is 17.9. The summed E-state index contributed by atoms with van der Waals surface area (Å²) in [5, 5.41) is 10.9. The van der Waals surface area contributed by atoms with Gasteiger partial charge in [0.15, 0.2) is 16.3 Å². The Kier molecular flexibility index (Phi) is 7.02. The fourth-order valence-electron chi connectivity index (χ4n) is 3.97. The molecule has 2 heterocycles. The monoisotopic (exact) mass is 509 g/mol. The van der Waals surface area contributed by atoms with Crippen molar-refractivity contribution in [2.75, 3.05) is 20.8 Å². The van der Waals surface area contributed by atoms with Gasteiger partial charge in [0.1, 0.15) is 0 Å². The van der Waals surface area contributed by atoms with Gasteiger partial charge in [-0.1, -0.05) is 17.4 Å². The zero-order valence-corrected chi connectivity index (χ0v) is 20.8. The van der Waals surface area contributed by atoms with E-state index in [1.807, 2.05) is 0 Å². The van der Waals surface area contributed by atoms with Gasteiger partial charge >= 0.3 is 5.97 Å². The average Bonchev–Trinajstić information content (AvgIpc) is 3.17. The predicted octanol–water partition coefficient (Wildman–Crippen LogP) is 2.72. The first kappa shape index (κ1) is 24.9. The number of rotatable bonds is 7. The van der Waals surface area contributed by atoms with E-state index in [2.05, 4.69) is 4.99 Å². The van der Waals surface area contributed by atoms with Crippen molar-refractivity contribution in [1.82, 2.24) is 4.57 Å². The number of nitro groups is 1. The van der Waals surface area contributed by atoms with Gasteiger partial charge in [0, 0.05) is 12.1 Å². The largest absolute Gasteiger partial charge is 0.493 e. The van der Waals surface area contributed by atoms with Crippen LogP contribution in [0.4, 0.5) is 5.69 Å². The second kappa shape index (κ2) is 10.2. The highest BCUT2D eigenvalue weighted by atomic mass is 32.1. The molecule has 0 bridgehead atoms. The number of non-ortho nitro benzene ring substituents is 1. The van der Waals surface area contributed by atoms with Gasteiger partial charge in [-0.3, -0.25) is 19.5 Å². The Bertz CT molecular complexity index is 1550. The normalized spacial score (nSPS) is 15.2. The Morgan fingerprint density at radius 2 is 1.86 bits per heavy atom. The van der Waals surface area contributed by atoms with Crippen molar-refractivity contribution in [3.8, 4) is 11.5 Å². The van der Waals surface area contributed by atoms with Crippen molar-refractivity contribution in [3.63, 3.8) is 0 Å². The lowest BCUT2D eigenvalue weighted by molar-refractivity contribution is -0.384. The van der Waals surface area contributed by atoms with Crippen LogP contribution in [0.15, 0.2) is 63.5 Å². The minimum absolute atomic E-state index is 0.0447. The van der Waals surface area contributed by atoms with Gasteiger partial charge < -0.3 is 14.2 Å². The first-order chi connectivity index (χ1) is 17.3. The molecular formula is C25H23N3O7S. The zero-order valence-electron chi connectivity index (χ0n) is 20.0. The zero-order chi connectivity index (χ0) is 26.0. The van der Waals surface area contributed by atoms with Crippen LogP contribution < -0.4 is 24.4 Å². The number of methoxy groups -OCH3 is 2. The van der Waals surface area contributed by atoms with Crippen LogP contribution in [0.3, 0.4) is 0 Å². The minimum Gasteiger partial charge on any atom is -0.493 e. The standard InChI is InChI=1S/C25H23N3O7S/c1-5-35-24(30)21-14(2)26-25-27(22(21)16-8-11-18(33-3)19(13-16)34-4)23(29)20(36-25)12-15-6-9-17(10-7-15)28(31)32/h6-13,22H,5H2,1-4H3/b20-12-/t22-/m1/s1. The first-order valence-electron chi connectivity index (χ1n) is 10.9. The summed E-state index contributed by atoms with van der Waals surface area (Å²) in [6.07, 6.45) is 1.64. The Morgan fingerprint density at radius 3 is 2.47 bits per heavy atom. The number of benzene rings is 2. The Morgan fingerprint density at radius 1 is 1.17 bits per heavy atom. The molecule has 1 aliphatic rings. The second-order valence-corrected chi connectivity index (χ2v) is 8.77. The number of nitrogens with zero attached hydrogens (tertiary/aromatic N) is 3. The molecule has 0 unspecified atom stereocenters. The van der Waals surface area contributed by atoms with Gasteiger partial charge in [0.25, 0.3) is 11.2 Å². The fourth-order valence-corrected chi connectivity index (χ4v) is 5.02. The van der Waals surface area contributed by atoms with Gasteiger partial charge in [0.05, 0.1) is 47.6 Å². The maximum atomic E-state index is 13.6. The summed E-state index contributed by atoms with van der Waals surface area (Å²) >= 11 is 1.17. The molecular weight excluding hydrogens is 486 g/mol. The van der Waals surface area contributed by atoms with Crippen molar-refractivity contribution in [1.29, 1.82) is 0 Å². The summed E-state index contributed by atoms with van der Waals surface area (Å²) in [6, 6.07) is 10.3. The third kappa shape index (κ3) is 4.52. The number of nitro benzene ring substituents is 1. The highest BCUT2D eigenvalue weighted by molar-refractivity contribution is 7.07. The van der Waals surface area contributed by atoms with E-state index in [4.69, 9.17) is 14.2 Å². The summed E-state index contributed by atoms with van der Waals surface area (Å²) in [7, 11) is 3.03. The highest BCUT2D eigenvalue weighted by Gasteiger charge is 2.33. The SMILES string of the molecule is CCOC(=O)C1=C(C)N=c2s/c(=C\c3ccc([N+](=O)[O-])cc3)c(=O)n2[C@@H]1c1ccc(OC)c(OC)c1. The van der Waals surface area contributed by atoms with E-state index >= 15 is 0 Å². The number of fused-ring (bicyclic) bond motifs is 1. The number of ether oxygens (including phenoxy) is 3. The van der Waals surface area contributed by atoms with Crippen molar-refractivity contribution in [2.24, 2.45) is 4.99 Å². The molecule has 2 aromatic carbocycles.